The predicted molar refractivity (Wildman–Crippen MR) is 123 cm³/mol. The Labute approximate surface area is 199 Å². The highest BCUT2D eigenvalue weighted by molar-refractivity contribution is 7.99. The van der Waals surface area contributed by atoms with Gasteiger partial charge in [-0.05, 0) is 48.4 Å². The molecule has 0 saturated carbocycles. The van der Waals surface area contributed by atoms with Gasteiger partial charge in [0, 0.05) is 4.90 Å². The van der Waals surface area contributed by atoms with Crippen LogP contribution in [-0.2, 0) is 22.3 Å². The van der Waals surface area contributed by atoms with Crippen molar-refractivity contribution in [1.82, 2.24) is 4.98 Å². The van der Waals surface area contributed by atoms with Crippen LogP contribution in [0.15, 0.2) is 76.7 Å². The number of nitrogens with zero attached hydrogens (tertiary/aromatic N) is 1. The maximum absolute atomic E-state index is 12.9. The van der Waals surface area contributed by atoms with Crippen LogP contribution in [0.2, 0.25) is 5.02 Å². The van der Waals surface area contributed by atoms with E-state index < -0.39 is 23.8 Å². The molecule has 1 unspecified atom stereocenters. The molecule has 0 spiro atoms. The quantitative estimate of drug-likeness (QED) is 0.339. The summed E-state index contributed by atoms with van der Waals surface area (Å²) in [6.07, 6.45) is -4.50. The number of aromatic nitrogens is 1. The lowest BCUT2D eigenvalue weighted by Crippen LogP contribution is -2.36. The number of esters is 1. The number of ether oxygens (including phenoxy) is 1. The van der Waals surface area contributed by atoms with Crippen LogP contribution >= 0.6 is 23.4 Å². The van der Waals surface area contributed by atoms with Gasteiger partial charge in [0.05, 0.1) is 22.0 Å². The van der Waals surface area contributed by atoms with E-state index in [1.54, 1.807) is 19.9 Å². The van der Waals surface area contributed by atoms with E-state index in [4.69, 9.17) is 16.3 Å². The number of hydrogen-bond donors (Lipinski definition) is 1. The SMILES string of the molecule is CC(C)C(Nc1ccc(C(F)(F)F)cc1Cl)C(=O)OCc1cccc(Sc2ccccc2)n1. The molecule has 3 rings (SSSR count). The van der Waals surface area contributed by atoms with Crippen molar-refractivity contribution in [2.45, 2.75) is 42.6 Å². The summed E-state index contributed by atoms with van der Waals surface area (Å²) in [5, 5.41) is 3.55. The van der Waals surface area contributed by atoms with Gasteiger partial charge in [0.25, 0.3) is 0 Å². The summed E-state index contributed by atoms with van der Waals surface area (Å²) in [6.45, 7) is 3.56. The van der Waals surface area contributed by atoms with E-state index in [-0.39, 0.29) is 23.2 Å². The molecule has 0 fully saturated rings. The van der Waals surface area contributed by atoms with E-state index in [1.807, 2.05) is 42.5 Å². The number of carbonyl (C=O) groups excluding carboxylic acids is 1. The zero-order valence-electron chi connectivity index (χ0n) is 17.9. The first-order chi connectivity index (χ1) is 15.6. The molecule has 2 aromatic carbocycles. The van der Waals surface area contributed by atoms with Crippen molar-refractivity contribution < 1.29 is 22.7 Å². The molecule has 0 aliphatic carbocycles. The number of benzene rings is 2. The number of rotatable bonds is 8. The molecule has 0 aliphatic rings. The topological polar surface area (TPSA) is 51.2 Å². The molecule has 0 amide bonds. The van der Waals surface area contributed by atoms with E-state index in [0.29, 0.717) is 5.69 Å². The highest BCUT2D eigenvalue weighted by Gasteiger charge is 2.31. The second-order valence-corrected chi connectivity index (χ2v) is 9.05. The van der Waals surface area contributed by atoms with Crippen LogP contribution in [0, 0.1) is 5.92 Å². The molecule has 9 heteroatoms. The molecule has 174 valence electrons. The number of nitrogens with one attached hydrogen (secondary N) is 1. The van der Waals surface area contributed by atoms with Gasteiger partial charge in [0.2, 0.25) is 0 Å². The van der Waals surface area contributed by atoms with E-state index in [0.717, 1.165) is 22.1 Å². The Morgan fingerprint density at radius 3 is 2.45 bits per heavy atom. The Bertz CT molecular complexity index is 1090. The fourth-order valence-electron chi connectivity index (χ4n) is 2.91. The minimum Gasteiger partial charge on any atom is -0.458 e. The van der Waals surface area contributed by atoms with Crippen LogP contribution in [0.3, 0.4) is 0 Å². The van der Waals surface area contributed by atoms with Crippen LogP contribution in [-0.4, -0.2) is 17.0 Å². The highest BCUT2D eigenvalue weighted by atomic mass is 35.5. The Morgan fingerprint density at radius 1 is 1.09 bits per heavy atom. The van der Waals surface area contributed by atoms with E-state index >= 15 is 0 Å². The molecule has 0 radical (unpaired) electrons. The Kier molecular flexibility index (Phi) is 8.26. The molecule has 1 atom stereocenters. The van der Waals surface area contributed by atoms with Gasteiger partial charge < -0.3 is 10.1 Å². The number of hydrogen-bond acceptors (Lipinski definition) is 5. The fourth-order valence-corrected chi connectivity index (χ4v) is 3.99. The number of carbonyl (C=O) groups is 1. The molecule has 0 aliphatic heterocycles. The molecule has 0 saturated heterocycles. The smallest absolute Gasteiger partial charge is 0.416 e. The van der Waals surface area contributed by atoms with Gasteiger partial charge >= 0.3 is 12.1 Å². The maximum atomic E-state index is 12.9. The second kappa shape index (κ2) is 10.9. The van der Waals surface area contributed by atoms with Crippen molar-refractivity contribution in [2.75, 3.05) is 5.32 Å². The minimum atomic E-state index is -4.50. The van der Waals surface area contributed by atoms with Crippen LogP contribution in [0.4, 0.5) is 18.9 Å². The molecule has 33 heavy (non-hydrogen) atoms. The Hall–Kier alpha value is -2.71. The van der Waals surface area contributed by atoms with Crippen molar-refractivity contribution in [3.63, 3.8) is 0 Å². The molecule has 3 aromatic rings. The largest absolute Gasteiger partial charge is 0.458 e. The summed E-state index contributed by atoms with van der Waals surface area (Å²) in [7, 11) is 0. The zero-order valence-corrected chi connectivity index (χ0v) is 19.5. The van der Waals surface area contributed by atoms with Crippen LogP contribution in [0.25, 0.3) is 0 Å². The predicted octanol–water partition coefficient (Wildman–Crippen LogP) is 7.08. The highest BCUT2D eigenvalue weighted by Crippen LogP contribution is 2.34. The molecule has 1 N–H and O–H groups in total. The minimum absolute atomic E-state index is 0.0341. The van der Waals surface area contributed by atoms with Gasteiger partial charge in [-0.25, -0.2) is 9.78 Å². The van der Waals surface area contributed by atoms with Crippen LogP contribution in [0.1, 0.15) is 25.1 Å². The monoisotopic (exact) mass is 494 g/mol. The summed E-state index contributed by atoms with van der Waals surface area (Å²) in [5.74, 6) is -0.757. The number of anilines is 1. The third kappa shape index (κ3) is 7.14. The van der Waals surface area contributed by atoms with Gasteiger partial charge in [-0.15, -0.1) is 0 Å². The second-order valence-electron chi connectivity index (χ2n) is 7.55. The third-order valence-electron chi connectivity index (χ3n) is 4.64. The zero-order chi connectivity index (χ0) is 24.0. The lowest BCUT2D eigenvalue weighted by atomic mass is 10.0. The standard InChI is InChI=1S/C24H22ClF3N2O2S/c1-15(2)22(30-20-12-11-16(13-19(20)25)24(26,27)28)23(31)32-14-17-7-6-10-21(29-17)33-18-8-4-3-5-9-18/h3-13,15,22,30H,14H2,1-2H3. The van der Waals surface area contributed by atoms with Crippen molar-refractivity contribution >= 4 is 35.0 Å². The van der Waals surface area contributed by atoms with Gasteiger partial charge in [-0.1, -0.05) is 61.5 Å². The molecular formula is C24H22ClF3N2O2S. The van der Waals surface area contributed by atoms with Gasteiger partial charge in [-0.2, -0.15) is 13.2 Å². The van der Waals surface area contributed by atoms with Crippen molar-refractivity contribution in [3.05, 3.63) is 83.0 Å². The summed E-state index contributed by atoms with van der Waals surface area (Å²) >= 11 is 7.51. The summed E-state index contributed by atoms with van der Waals surface area (Å²) in [6, 6.07) is 17.4. The summed E-state index contributed by atoms with van der Waals surface area (Å²) in [4.78, 5) is 18.3. The first-order valence-electron chi connectivity index (χ1n) is 10.1. The van der Waals surface area contributed by atoms with Crippen molar-refractivity contribution in [2.24, 2.45) is 5.92 Å². The van der Waals surface area contributed by atoms with E-state index in [2.05, 4.69) is 10.3 Å². The molecule has 4 nitrogen and oxygen atoms in total. The number of alkyl halides is 3. The Morgan fingerprint density at radius 2 is 1.82 bits per heavy atom. The molecule has 0 bridgehead atoms. The average molecular weight is 495 g/mol. The van der Waals surface area contributed by atoms with Crippen LogP contribution in [0.5, 0.6) is 0 Å². The lowest BCUT2D eigenvalue weighted by molar-refractivity contribution is -0.147. The molecule has 1 heterocycles. The van der Waals surface area contributed by atoms with Gasteiger partial charge in [0.1, 0.15) is 17.7 Å². The fraction of sp³-hybridized carbons (Fsp3) is 0.250. The first-order valence-corrected chi connectivity index (χ1v) is 11.3. The summed E-state index contributed by atoms with van der Waals surface area (Å²) < 4.78 is 44.1. The van der Waals surface area contributed by atoms with Crippen molar-refractivity contribution in [1.29, 1.82) is 0 Å². The third-order valence-corrected chi connectivity index (χ3v) is 5.89. The molecule has 1 aromatic heterocycles. The number of halogens is 4. The van der Waals surface area contributed by atoms with E-state index in [9.17, 15) is 18.0 Å². The van der Waals surface area contributed by atoms with Gasteiger partial charge in [0.15, 0.2) is 0 Å². The Balaban J connectivity index is 1.65. The van der Waals surface area contributed by atoms with Crippen molar-refractivity contribution in [3.8, 4) is 0 Å². The maximum Gasteiger partial charge on any atom is 0.416 e. The molecular weight excluding hydrogens is 473 g/mol. The number of pyridine rings is 1. The summed E-state index contributed by atoms with van der Waals surface area (Å²) in [5.41, 5.74) is -0.0555. The first kappa shape index (κ1) is 24.9. The lowest BCUT2D eigenvalue weighted by Gasteiger charge is -2.23. The van der Waals surface area contributed by atoms with Crippen LogP contribution < -0.4 is 5.32 Å². The van der Waals surface area contributed by atoms with E-state index in [1.165, 1.54) is 17.8 Å². The normalized spacial score (nSPS) is 12.5. The van der Waals surface area contributed by atoms with Gasteiger partial charge in [-0.3, -0.25) is 0 Å². The average Bonchev–Trinajstić information content (AvgIpc) is 2.76.